The fourth-order valence-corrected chi connectivity index (χ4v) is 1.80. The van der Waals surface area contributed by atoms with Crippen LogP contribution in [-0.4, -0.2) is 14.9 Å². The zero-order valence-corrected chi connectivity index (χ0v) is 10.8. The zero-order chi connectivity index (χ0) is 11.0. The molecule has 0 fully saturated rings. The summed E-state index contributed by atoms with van der Waals surface area (Å²) in [4.78, 5) is 4.58. The van der Waals surface area contributed by atoms with E-state index in [4.69, 9.17) is 0 Å². The van der Waals surface area contributed by atoms with Crippen LogP contribution in [0.3, 0.4) is 0 Å². The Balaban J connectivity index is 0.000000810. The highest BCUT2D eigenvalue weighted by molar-refractivity contribution is 5.85. The smallest absolute Gasteiger partial charge is 0.137 e. The summed E-state index contributed by atoms with van der Waals surface area (Å²) in [6, 6.07) is 14.5. The van der Waals surface area contributed by atoms with E-state index in [9.17, 15) is 0 Å². The van der Waals surface area contributed by atoms with Crippen LogP contribution in [0.5, 0.6) is 0 Å². The molecule has 0 aliphatic heterocycles. The molecule has 3 rings (SSSR count). The number of imidazole rings is 1. The molecule has 0 spiro atoms. The summed E-state index contributed by atoms with van der Waals surface area (Å²) in [6.07, 6.45) is 4.07. The van der Waals surface area contributed by atoms with E-state index in [0.29, 0.717) is 0 Å². The third-order valence-corrected chi connectivity index (χ3v) is 2.71. The molecule has 0 saturated carbocycles. The van der Waals surface area contributed by atoms with E-state index < -0.39 is 0 Å². The Bertz CT molecular complexity index is 599. The van der Waals surface area contributed by atoms with Crippen LogP contribution in [0.1, 0.15) is 5.56 Å². The Morgan fingerprint density at radius 2 is 1.72 bits per heavy atom. The van der Waals surface area contributed by atoms with Crippen LogP contribution in [0.25, 0.3) is 16.9 Å². The van der Waals surface area contributed by atoms with Crippen LogP contribution in [0.2, 0.25) is 0 Å². The van der Waals surface area contributed by atoms with Gasteiger partial charge < -0.3 is 9.88 Å². The van der Waals surface area contributed by atoms with Crippen LogP contribution in [-0.2, 0) is 0 Å². The van der Waals surface area contributed by atoms with Gasteiger partial charge in [-0.2, -0.15) is 0 Å². The van der Waals surface area contributed by atoms with Crippen molar-refractivity contribution in [1.82, 2.24) is 9.38 Å². The first-order valence-corrected chi connectivity index (χ1v) is 5.34. The van der Waals surface area contributed by atoms with Crippen molar-refractivity contribution in [2.24, 2.45) is 0 Å². The summed E-state index contributed by atoms with van der Waals surface area (Å²) in [5.41, 5.74) is 4.44. The SMILES string of the molecule is Cc1ccc(-c2cn3ccccc3n2)cc1.Cl.O. The van der Waals surface area contributed by atoms with E-state index in [-0.39, 0.29) is 17.9 Å². The van der Waals surface area contributed by atoms with Crippen molar-refractivity contribution in [2.45, 2.75) is 6.92 Å². The Labute approximate surface area is 112 Å². The fraction of sp³-hybridized carbons (Fsp3) is 0.0714. The number of aromatic nitrogens is 2. The minimum absolute atomic E-state index is 0. The molecule has 0 atom stereocenters. The highest BCUT2D eigenvalue weighted by atomic mass is 35.5. The van der Waals surface area contributed by atoms with Gasteiger partial charge in [0.25, 0.3) is 0 Å². The molecule has 0 bridgehead atoms. The number of halogens is 1. The summed E-state index contributed by atoms with van der Waals surface area (Å²) in [6.45, 7) is 2.09. The third-order valence-electron chi connectivity index (χ3n) is 2.71. The second-order valence-corrected chi connectivity index (χ2v) is 3.96. The van der Waals surface area contributed by atoms with Gasteiger partial charge in [0.15, 0.2) is 0 Å². The van der Waals surface area contributed by atoms with Gasteiger partial charge in [-0.05, 0) is 19.1 Å². The monoisotopic (exact) mass is 262 g/mol. The maximum Gasteiger partial charge on any atom is 0.137 e. The van der Waals surface area contributed by atoms with Gasteiger partial charge in [-0.15, -0.1) is 12.4 Å². The summed E-state index contributed by atoms with van der Waals surface area (Å²) < 4.78 is 2.04. The first-order valence-electron chi connectivity index (χ1n) is 5.34. The van der Waals surface area contributed by atoms with Gasteiger partial charge in [0, 0.05) is 18.0 Å². The van der Waals surface area contributed by atoms with Gasteiger partial charge in [0.1, 0.15) is 5.65 Å². The van der Waals surface area contributed by atoms with E-state index in [1.54, 1.807) is 0 Å². The van der Waals surface area contributed by atoms with E-state index in [1.165, 1.54) is 5.56 Å². The van der Waals surface area contributed by atoms with Crippen LogP contribution < -0.4 is 0 Å². The fourth-order valence-electron chi connectivity index (χ4n) is 1.80. The minimum Gasteiger partial charge on any atom is -0.412 e. The second-order valence-electron chi connectivity index (χ2n) is 3.96. The lowest BCUT2D eigenvalue weighted by atomic mass is 10.1. The Morgan fingerprint density at radius 3 is 2.39 bits per heavy atom. The predicted octanol–water partition coefficient (Wildman–Crippen LogP) is 2.91. The lowest BCUT2D eigenvalue weighted by Gasteiger charge is -1.96. The summed E-state index contributed by atoms with van der Waals surface area (Å²) in [7, 11) is 0. The summed E-state index contributed by atoms with van der Waals surface area (Å²) in [5, 5.41) is 0. The Kier molecular flexibility index (Phi) is 4.48. The first-order chi connectivity index (χ1) is 7.83. The number of rotatable bonds is 1. The average molecular weight is 263 g/mol. The van der Waals surface area contributed by atoms with Crippen molar-refractivity contribution in [3.8, 4) is 11.3 Å². The van der Waals surface area contributed by atoms with Gasteiger partial charge in [-0.3, -0.25) is 0 Å². The average Bonchev–Trinajstić information content (AvgIpc) is 2.73. The topological polar surface area (TPSA) is 48.8 Å². The maximum absolute atomic E-state index is 4.58. The molecule has 0 amide bonds. The first kappa shape index (κ1) is 14.2. The lowest BCUT2D eigenvalue weighted by Crippen LogP contribution is -1.77. The van der Waals surface area contributed by atoms with Crippen LogP contribution in [0, 0.1) is 6.92 Å². The predicted molar refractivity (Wildman–Crippen MR) is 76.2 cm³/mol. The number of aryl methyl sites for hydroxylation is 1. The van der Waals surface area contributed by atoms with E-state index >= 15 is 0 Å². The molecule has 2 N–H and O–H groups in total. The van der Waals surface area contributed by atoms with Gasteiger partial charge in [0.05, 0.1) is 5.69 Å². The van der Waals surface area contributed by atoms with Crippen LogP contribution in [0.15, 0.2) is 54.9 Å². The summed E-state index contributed by atoms with van der Waals surface area (Å²) in [5.74, 6) is 0. The third kappa shape index (κ3) is 2.53. The molecule has 2 aromatic heterocycles. The number of nitrogens with zero attached hydrogens (tertiary/aromatic N) is 2. The standard InChI is InChI=1S/C14H12N2.ClH.H2O/c1-11-5-7-12(8-6-11)13-10-16-9-3-2-4-14(16)15-13;;/h2-10H,1H3;1H;1H2. The molecule has 0 aliphatic carbocycles. The van der Waals surface area contributed by atoms with Gasteiger partial charge >= 0.3 is 0 Å². The Morgan fingerprint density at radius 1 is 1.00 bits per heavy atom. The molecular formula is C14H15ClN2O. The molecule has 4 heteroatoms. The number of hydrogen-bond acceptors (Lipinski definition) is 1. The molecule has 94 valence electrons. The van der Waals surface area contributed by atoms with Crippen molar-refractivity contribution >= 4 is 18.1 Å². The van der Waals surface area contributed by atoms with Crippen molar-refractivity contribution in [1.29, 1.82) is 0 Å². The molecule has 0 aliphatic rings. The van der Waals surface area contributed by atoms with E-state index in [2.05, 4.69) is 42.4 Å². The van der Waals surface area contributed by atoms with E-state index in [0.717, 1.165) is 16.9 Å². The van der Waals surface area contributed by atoms with E-state index in [1.807, 2.05) is 28.8 Å². The molecular weight excluding hydrogens is 248 g/mol. The molecule has 0 saturated heterocycles. The van der Waals surface area contributed by atoms with Crippen LogP contribution >= 0.6 is 12.4 Å². The van der Waals surface area contributed by atoms with Crippen LogP contribution in [0.4, 0.5) is 0 Å². The maximum atomic E-state index is 4.58. The molecule has 3 aromatic rings. The van der Waals surface area contributed by atoms with Crippen molar-refractivity contribution < 1.29 is 5.48 Å². The van der Waals surface area contributed by atoms with Gasteiger partial charge in [0.2, 0.25) is 0 Å². The normalized spacial score (nSPS) is 9.61. The van der Waals surface area contributed by atoms with Gasteiger partial charge in [-0.1, -0.05) is 35.9 Å². The highest BCUT2D eigenvalue weighted by Crippen LogP contribution is 2.19. The minimum atomic E-state index is 0. The molecule has 3 nitrogen and oxygen atoms in total. The number of fused-ring (bicyclic) bond motifs is 1. The van der Waals surface area contributed by atoms with Crippen molar-refractivity contribution in [2.75, 3.05) is 0 Å². The molecule has 2 heterocycles. The summed E-state index contributed by atoms with van der Waals surface area (Å²) >= 11 is 0. The zero-order valence-electron chi connectivity index (χ0n) is 10.00. The molecule has 18 heavy (non-hydrogen) atoms. The van der Waals surface area contributed by atoms with Crippen molar-refractivity contribution in [3.05, 3.63) is 60.4 Å². The molecule has 0 radical (unpaired) electrons. The Hall–Kier alpha value is -1.84. The quantitative estimate of drug-likeness (QED) is 0.665. The molecule has 1 aromatic carbocycles. The van der Waals surface area contributed by atoms with Crippen molar-refractivity contribution in [3.63, 3.8) is 0 Å². The lowest BCUT2D eigenvalue weighted by molar-refractivity contribution is 0.824. The largest absolute Gasteiger partial charge is 0.412 e. The second kappa shape index (κ2) is 5.67. The number of pyridine rings is 1. The number of benzene rings is 1. The highest BCUT2D eigenvalue weighted by Gasteiger charge is 2.02. The number of hydrogen-bond donors (Lipinski definition) is 0. The van der Waals surface area contributed by atoms with Gasteiger partial charge in [-0.25, -0.2) is 4.98 Å². The molecule has 0 unspecified atom stereocenters.